The second kappa shape index (κ2) is 8.08. The van der Waals surface area contributed by atoms with Crippen LogP contribution >= 0.6 is 0 Å². The van der Waals surface area contributed by atoms with Crippen molar-refractivity contribution >= 4 is 11.7 Å². The van der Waals surface area contributed by atoms with Crippen LogP contribution in [0.15, 0.2) is 5.16 Å². The zero-order valence-electron chi connectivity index (χ0n) is 9.49. The van der Waals surface area contributed by atoms with Gasteiger partial charge in [0, 0.05) is 6.54 Å². The highest BCUT2D eigenvalue weighted by molar-refractivity contribution is 6.01. The second-order valence-electron chi connectivity index (χ2n) is 3.60. The molecule has 5 nitrogen and oxygen atoms in total. The quantitative estimate of drug-likeness (QED) is 0.195. The lowest BCUT2D eigenvalue weighted by atomic mass is 10.1. The van der Waals surface area contributed by atoms with Gasteiger partial charge in [0.15, 0.2) is 5.84 Å². The van der Waals surface area contributed by atoms with E-state index in [4.69, 9.17) is 10.9 Å². The summed E-state index contributed by atoms with van der Waals surface area (Å²) in [7, 11) is 0. The number of amides is 1. The zero-order valence-corrected chi connectivity index (χ0v) is 9.49. The van der Waals surface area contributed by atoms with Gasteiger partial charge in [-0.2, -0.15) is 0 Å². The van der Waals surface area contributed by atoms with Gasteiger partial charge in [-0.05, 0) is 13.3 Å². The Labute approximate surface area is 90.7 Å². The van der Waals surface area contributed by atoms with Gasteiger partial charge in [0.1, 0.15) is 0 Å². The van der Waals surface area contributed by atoms with Crippen molar-refractivity contribution in [3.63, 3.8) is 0 Å². The summed E-state index contributed by atoms with van der Waals surface area (Å²) in [5, 5.41) is 13.9. The summed E-state index contributed by atoms with van der Waals surface area (Å²) in [6, 6.07) is 0. The molecule has 0 aromatic carbocycles. The third kappa shape index (κ3) is 5.93. The lowest BCUT2D eigenvalue weighted by Crippen LogP contribution is -2.37. The fourth-order valence-corrected chi connectivity index (χ4v) is 1.14. The fourth-order valence-electron chi connectivity index (χ4n) is 1.14. The first-order chi connectivity index (χ1) is 7.13. The van der Waals surface area contributed by atoms with Crippen molar-refractivity contribution in [1.82, 2.24) is 5.32 Å². The van der Waals surface area contributed by atoms with Crippen molar-refractivity contribution in [3.05, 3.63) is 0 Å². The number of nitrogens with one attached hydrogen (secondary N) is 1. The molecule has 0 bridgehead atoms. The van der Waals surface area contributed by atoms with Gasteiger partial charge in [0.2, 0.25) is 5.91 Å². The predicted octanol–water partition coefficient (Wildman–Crippen LogP) is 1.07. The lowest BCUT2D eigenvalue weighted by molar-refractivity contribution is -0.122. The van der Waals surface area contributed by atoms with E-state index < -0.39 is 5.92 Å². The minimum atomic E-state index is -0.568. The number of amidine groups is 1. The van der Waals surface area contributed by atoms with Gasteiger partial charge in [-0.15, -0.1) is 0 Å². The lowest BCUT2D eigenvalue weighted by Gasteiger charge is -2.10. The highest BCUT2D eigenvalue weighted by atomic mass is 16.4. The predicted molar refractivity (Wildman–Crippen MR) is 59.7 cm³/mol. The molecular weight excluding hydrogens is 194 g/mol. The molecule has 88 valence electrons. The Morgan fingerprint density at radius 1 is 1.47 bits per heavy atom. The molecule has 0 saturated carbocycles. The van der Waals surface area contributed by atoms with Crippen LogP contribution in [0.5, 0.6) is 0 Å². The molecular formula is C10H21N3O2. The summed E-state index contributed by atoms with van der Waals surface area (Å²) in [5.74, 6) is -0.816. The van der Waals surface area contributed by atoms with Crippen molar-refractivity contribution in [2.24, 2.45) is 16.8 Å². The van der Waals surface area contributed by atoms with E-state index in [9.17, 15) is 4.79 Å². The van der Waals surface area contributed by atoms with Crippen LogP contribution in [0.3, 0.4) is 0 Å². The molecule has 0 aromatic heterocycles. The summed E-state index contributed by atoms with van der Waals surface area (Å²) >= 11 is 0. The molecule has 4 N–H and O–H groups in total. The first-order valence-corrected chi connectivity index (χ1v) is 5.38. The summed E-state index contributed by atoms with van der Waals surface area (Å²) in [6.07, 6.45) is 4.46. The Morgan fingerprint density at radius 3 is 2.67 bits per heavy atom. The fraction of sp³-hybridized carbons (Fsp3) is 0.800. The standard InChI is InChI=1S/C10H21N3O2/c1-3-4-5-6-7-12-10(14)8(2)9(11)13-15/h8,15H,3-7H2,1-2H3,(H2,11,13)(H,12,14). The van der Waals surface area contributed by atoms with Crippen LogP contribution in [0.25, 0.3) is 0 Å². The number of nitrogens with two attached hydrogens (primary N) is 1. The van der Waals surface area contributed by atoms with E-state index >= 15 is 0 Å². The van der Waals surface area contributed by atoms with Crippen LogP contribution in [0, 0.1) is 5.92 Å². The van der Waals surface area contributed by atoms with Gasteiger partial charge in [0.25, 0.3) is 0 Å². The van der Waals surface area contributed by atoms with Gasteiger partial charge in [-0.3, -0.25) is 4.79 Å². The number of rotatable bonds is 7. The number of unbranched alkanes of at least 4 members (excludes halogenated alkanes) is 3. The molecule has 1 atom stereocenters. The molecule has 1 unspecified atom stereocenters. The van der Waals surface area contributed by atoms with Crippen LogP contribution in [-0.2, 0) is 4.79 Å². The Morgan fingerprint density at radius 2 is 2.13 bits per heavy atom. The maximum atomic E-state index is 11.4. The normalized spacial score (nSPS) is 13.6. The molecule has 0 rings (SSSR count). The maximum absolute atomic E-state index is 11.4. The zero-order chi connectivity index (χ0) is 11.7. The average Bonchev–Trinajstić information content (AvgIpc) is 2.26. The number of nitrogens with zero attached hydrogens (tertiary/aromatic N) is 1. The molecule has 0 aliphatic heterocycles. The molecule has 0 heterocycles. The van der Waals surface area contributed by atoms with Crippen LogP contribution in [0.4, 0.5) is 0 Å². The van der Waals surface area contributed by atoms with Crippen molar-refractivity contribution in [3.8, 4) is 0 Å². The molecule has 0 aromatic rings. The number of oxime groups is 1. The highest BCUT2D eigenvalue weighted by Crippen LogP contribution is 1.98. The van der Waals surface area contributed by atoms with Crippen molar-refractivity contribution < 1.29 is 10.0 Å². The summed E-state index contributed by atoms with van der Waals surface area (Å²) in [5.41, 5.74) is 5.31. The molecule has 0 spiro atoms. The molecule has 15 heavy (non-hydrogen) atoms. The minimum absolute atomic E-state index is 0.0546. The average molecular weight is 215 g/mol. The SMILES string of the molecule is CCCCCCNC(=O)C(C)C(N)=NO. The summed E-state index contributed by atoms with van der Waals surface area (Å²) < 4.78 is 0. The largest absolute Gasteiger partial charge is 0.409 e. The first kappa shape index (κ1) is 13.7. The van der Waals surface area contributed by atoms with Crippen molar-refractivity contribution in [1.29, 1.82) is 0 Å². The monoisotopic (exact) mass is 215 g/mol. The van der Waals surface area contributed by atoms with Gasteiger partial charge in [-0.1, -0.05) is 31.3 Å². The van der Waals surface area contributed by atoms with Crippen LogP contribution < -0.4 is 11.1 Å². The molecule has 1 amide bonds. The van der Waals surface area contributed by atoms with Gasteiger partial charge in [-0.25, -0.2) is 0 Å². The second-order valence-corrected chi connectivity index (χ2v) is 3.60. The molecule has 0 fully saturated rings. The van der Waals surface area contributed by atoms with E-state index in [1.807, 2.05) is 0 Å². The smallest absolute Gasteiger partial charge is 0.230 e. The molecule has 0 radical (unpaired) electrons. The first-order valence-electron chi connectivity index (χ1n) is 5.38. The number of carbonyl (C=O) groups is 1. The Balaban J connectivity index is 3.65. The maximum Gasteiger partial charge on any atom is 0.230 e. The molecule has 0 aliphatic carbocycles. The van der Waals surface area contributed by atoms with E-state index in [2.05, 4.69) is 17.4 Å². The van der Waals surface area contributed by atoms with Gasteiger partial charge in [0.05, 0.1) is 5.92 Å². The third-order valence-electron chi connectivity index (χ3n) is 2.28. The Hall–Kier alpha value is -1.26. The molecule has 0 saturated heterocycles. The van der Waals surface area contributed by atoms with E-state index in [1.165, 1.54) is 12.8 Å². The number of hydrogen-bond donors (Lipinski definition) is 3. The van der Waals surface area contributed by atoms with E-state index in [1.54, 1.807) is 6.92 Å². The van der Waals surface area contributed by atoms with Crippen LogP contribution in [0.1, 0.15) is 39.5 Å². The Bertz CT molecular complexity index is 217. The third-order valence-corrected chi connectivity index (χ3v) is 2.28. The van der Waals surface area contributed by atoms with Crippen molar-refractivity contribution in [2.45, 2.75) is 39.5 Å². The number of carbonyl (C=O) groups excluding carboxylic acids is 1. The summed E-state index contributed by atoms with van der Waals surface area (Å²) in [4.78, 5) is 11.4. The summed E-state index contributed by atoms with van der Waals surface area (Å²) in [6.45, 7) is 4.40. The minimum Gasteiger partial charge on any atom is -0.409 e. The van der Waals surface area contributed by atoms with E-state index in [0.717, 1.165) is 12.8 Å². The van der Waals surface area contributed by atoms with Crippen LogP contribution in [-0.4, -0.2) is 23.5 Å². The van der Waals surface area contributed by atoms with Crippen LogP contribution in [0.2, 0.25) is 0 Å². The molecule has 5 heteroatoms. The topological polar surface area (TPSA) is 87.7 Å². The van der Waals surface area contributed by atoms with Gasteiger partial charge >= 0.3 is 0 Å². The van der Waals surface area contributed by atoms with Crippen molar-refractivity contribution in [2.75, 3.05) is 6.54 Å². The van der Waals surface area contributed by atoms with E-state index in [0.29, 0.717) is 6.54 Å². The highest BCUT2D eigenvalue weighted by Gasteiger charge is 2.16. The molecule has 0 aliphatic rings. The number of hydrogen-bond acceptors (Lipinski definition) is 3. The van der Waals surface area contributed by atoms with E-state index in [-0.39, 0.29) is 11.7 Å². The Kier molecular flexibility index (Phi) is 7.40. The van der Waals surface area contributed by atoms with Gasteiger partial charge < -0.3 is 16.3 Å².